The van der Waals surface area contributed by atoms with Crippen LogP contribution in [0.2, 0.25) is 0 Å². The van der Waals surface area contributed by atoms with E-state index < -0.39 is 5.60 Å². The van der Waals surface area contributed by atoms with E-state index in [1.165, 1.54) is 44.2 Å². The Morgan fingerprint density at radius 2 is 1.72 bits per heavy atom. The zero-order valence-corrected chi connectivity index (χ0v) is 16.8. The van der Waals surface area contributed by atoms with Crippen LogP contribution in [0.1, 0.15) is 72.1 Å². The molecule has 25 heavy (non-hydrogen) atoms. The third kappa shape index (κ3) is 2.44. The minimum absolute atomic E-state index is 0.137. The number of hydrogen-bond acceptors (Lipinski definition) is 3. The predicted molar refractivity (Wildman–Crippen MR) is 103 cm³/mol. The Bertz CT molecular complexity index is 620. The van der Waals surface area contributed by atoms with Gasteiger partial charge >= 0.3 is 0 Å². The van der Waals surface area contributed by atoms with Gasteiger partial charge in [-0.05, 0) is 93.0 Å². The van der Waals surface area contributed by atoms with Gasteiger partial charge in [-0.1, -0.05) is 19.4 Å². The van der Waals surface area contributed by atoms with Gasteiger partial charge in [-0.2, -0.15) is 5.10 Å². The van der Waals surface area contributed by atoms with Gasteiger partial charge in [-0.25, -0.2) is 0 Å². The van der Waals surface area contributed by atoms with Crippen LogP contribution in [0.25, 0.3) is 0 Å². The van der Waals surface area contributed by atoms with Crippen molar-refractivity contribution in [3.05, 3.63) is 11.6 Å². The van der Waals surface area contributed by atoms with Crippen molar-refractivity contribution in [3.8, 4) is 0 Å². The van der Waals surface area contributed by atoms with Crippen molar-refractivity contribution in [2.45, 2.75) is 77.7 Å². The average molecular weight is 345 g/mol. The summed E-state index contributed by atoms with van der Waals surface area (Å²) in [6.07, 6.45) is 12.1. The summed E-state index contributed by atoms with van der Waals surface area (Å²) < 4.78 is 0. The minimum Gasteiger partial charge on any atom is -0.390 e. The second-order valence-corrected chi connectivity index (χ2v) is 10.2. The molecule has 0 aromatic carbocycles. The molecule has 0 heterocycles. The molecule has 0 amide bonds. The topological polar surface area (TPSA) is 35.8 Å². The number of nitrogens with zero attached hydrogens (tertiary/aromatic N) is 2. The molecule has 3 fully saturated rings. The number of hydrazone groups is 1. The molecule has 4 aliphatic rings. The zero-order valence-electron chi connectivity index (χ0n) is 16.8. The van der Waals surface area contributed by atoms with E-state index in [9.17, 15) is 5.11 Å². The van der Waals surface area contributed by atoms with Gasteiger partial charge in [0.1, 0.15) is 0 Å². The lowest BCUT2D eigenvalue weighted by Crippen LogP contribution is -2.53. The van der Waals surface area contributed by atoms with E-state index in [1.54, 1.807) is 5.57 Å². The Morgan fingerprint density at radius 3 is 2.44 bits per heavy atom. The predicted octanol–water partition coefficient (Wildman–Crippen LogP) is 4.62. The van der Waals surface area contributed by atoms with E-state index in [0.29, 0.717) is 5.41 Å². The summed E-state index contributed by atoms with van der Waals surface area (Å²) in [6, 6.07) is 0. The van der Waals surface area contributed by atoms with Crippen LogP contribution in [0, 0.1) is 28.6 Å². The van der Waals surface area contributed by atoms with Crippen LogP contribution in [0.15, 0.2) is 16.8 Å². The molecule has 0 saturated heterocycles. The molecular formula is C22H36N2O. The normalized spacial score (nSPS) is 50.7. The summed E-state index contributed by atoms with van der Waals surface area (Å²) in [4.78, 5) is 0. The molecule has 6 atom stereocenters. The fraction of sp³-hybridized carbons (Fsp3) is 0.864. The first kappa shape index (κ1) is 17.6. The highest BCUT2D eigenvalue weighted by atomic mass is 16.3. The molecule has 4 aliphatic carbocycles. The van der Waals surface area contributed by atoms with E-state index >= 15 is 0 Å². The second-order valence-electron chi connectivity index (χ2n) is 10.2. The highest BCUT2D eigenvalue weighted by molar-refractivity contribution is 5.96. The molecule has 0 aromatic rings. The highest BCUT2D eigenvalue weighted by Crippen LogP contribution is 2.67. The number of hydrogen-bond donors (Lipinski definition) is 1. The fourth-order valence-corrected chi connectivity index (χ4v) is 7.15. The molecule has 6 unspecified atom stereocenters. The van der Waals surface area contributed by atoms with Crippen LogP contribution in [-0.2, 0) is 0 Å². The highest BCUT2D eigenvalue weighted by Gasteiger charge is 2.62. The summed E-state index contributed by atoms with van der Waals surface area (Å²) in [7, 11) is 4.04. The Labute approximate surface area is 153 Å². The molecule has 3 saturated carbocycles. The van der Waals surface area contributed by atoms with Crippen molar-refractivity contribution in [2.75, 3.05) is 14.1 Å². The lowest BCUT2D eigenvalue weighted by atomic mass is 9.46. The number of fused-ring (bicyclic) bond motifs is 5. The molecule has 0 radical (unpaired) electrons. The first-order valence-corrected chi connectivity index (χ1v) is 10.4. The lowest BCUT2D eigenvalue weighted by molar-refractivity contribution is -0.117. The summed E-state index contributed by atoms with van der Waals surface area (Å²) >= 11 is 0. The van der Waals surface area contributed by atoms with Gasteiger partial charge in [0.2, 0.25) is 0 Å². The number of aliphatic hydroxyl groups is 1. The summed E-state index contributed by atoms with van der Waals surface area (Å²) in [5, 5.41) is 17.6. The molecular weight excluding hydrogens is 308 g/mol. The quantitative estimate of drug-likeness (QED) is 0.705. The SMILES string of the molecule is CN(C)N=C1C=C2CCC3C(CCC4(C)C3CCC4(C)O)C2(C)CC1. The van der Waals surface area contributed by atoms with Gasteiger partial charge in [0.05, 0.1) is 11.3 Å². The monoisotopic (exact) mass is 344 g/mol. The maximum absolute atomic E-state index is 11.0. The molecule has 0 aromatic heterocycles. The summed E-state index contributed by atoms with van der Waals surface area (Å²) in [5.74, 6) is 2.33. The van der Waals surface area contributed by atoms with Crippen molar-refractivity contribution >= 4 is 5.71 Å². The molecule has 140 valence electrons. The van der Waals surface area contributed by atoms with Crippen LogP contribution < -0.4 is 0 Å². The summed E-state index contributed by atoms with van der Waals surface area (Å²) in [5.41, 5.74) is 2.97. The van der Waals surface area contributed by atoms with Crippen LogP contribution in [-0.4, -0.2) is 35.5 Å². The summed E-state index contributed by atoms with van der Waals surface area (Å²) in [6.45, 7) is 7.03. The Kier molecular flexibility index (Phi) is 3.92. The van der Waals surface area contributed by atoms with Crippen LogP contribution in [0.3, 0.4) is 0 Å². The van der Waals surface area contributed by atoms with Crippen molar-refractivity contribution in [1.82, 2.24) is 5.01 Å². The molecule has 1 N–H and O–H groups in total. The first-order chi connectivity index (χ1) is 11.7. The molecule has 4 rings (SSSR count). The fourth-order valence-electron chi connectivity index (χ4n) is 7.15. The third-order valence-corrected chi connectivity index (χ3v) is 8.87. The van der Waals surface area contributed by atoms with Crippen molar-refractivity contribution in [2.24, 2.45) is 33.7 Å². The molecule has 0 aliphatic heterocycles. The Hall–Kier alpha value is -0.830. The number of rotatable bonds is 1. The van der Waals surface area contributed by atoms with Crippen molar-refractivity contribution < 1.29 is 5.11 Å². The Morgan fingerprint density at radius 1 is 1.00 bits per heavy atom. The van der Waals surface area contributed by atoms with Crippen molar-refractivity contribution in [3.63, 3.8) is 0 Å². The van der Waals surface area contributed by atoms with Crippen LogP contribution in [0.5, 0.6) is 0 Å². The van der Waals surface area contributed by atoms with E-state index in [4.69, 9.17) is 0 Å². The largest absolute Gasteiger partial charge is 0.390 e. The smallest absolute Gasteiger partial charge is 0.0675 e. The van der Waals surface area contributed by atoms with E-state index in [0.717, 1.165) is 30.6 Å². The second kappa shape index (κ2) is 5.58. The molecule has 0 spiro atoms. The van der Waals surface area contributed by atoms with Gasteiger partial charge in [0, 0.05) is 14.1 Å². The first-order valence-electron chi connectivity index (χ1n) is 10.4. The lowest BCUT2D eigenvalue weighted by Gasteiger charge is -2.59. The minimum atomic E-state index is -0.461. The van der Waals surface area contributed by atoms with Crippen LogP contribution in [0.4, 0.5) is 0 Å². The van der Waals surface area contributed by atoms with Gasteiger partial charge in [0.15, 0.2) is 0 Å². The zero-order chi connectivity index (χ0) is 18.0. The van der Waals surface area contributed by atoms with Crippen LogP contribution >= 0.6 is 0 Å². The maximum atomic E-state index is 11.0. The standard InChI is InChI=1S/C22H36N2O/c1-20-11-8-16(23-24(4)5)14-15(20)6-7-17-18(20)9-12-21(2)19(17)10-13-22(21,3)25/h14,17-19,25H,6-13H2,1-5H3. The Balaban J connectivity index is 1.64. The van der Waals surface area contributed by atoms with E-state index in [1.807, 2.05) is 19.1 Å². The van der Waals surface area contributed by atoms with Gasteiger partial charge in [-0.15, -0.1) is 0 Å². The van der Waals surface area contributed by atoms with E-state index in [2.05, 4.69) is 31.9 Å². The average Bonchev–Trinajstić information content (AvgIpc) is 2.77. The van der Waals surface area contributed by atoms with Gasteiger partial charge in [0.25, 0.3) is 0 Å². The van der Waals surface area contributed by atoms with Gasteiger partial charge in [-0.3, -0.25) is 0 Å². The number of allylic oxidation sites excluding steroid dienone is 2. The maximum Gasteiger partial charge on any atom is 0.0675 e. The third-order valence-electron chi connectivity index (χ3n) is 8.87. The molecule has 0 bridgehead atoms. The van der Waals surface area contributed by atoms with Gasteiger partial charge < -0.3 is 10.1 Å². The van der Waals surface area contributed by atoms with Crippen molar-refractivity contribution in [1.29, 1.82) is 0 Å². The van der Waals surface area contributed by atoms with E-state index in [-0.39, 0.29) is 5.41 Å². The molecule has 3 heteroatoms. The molecule has 3 nitrogen and oxygen atoms in total.